The van der Waals surface area contributed by atoms with E-state index < -0.39 is 23.3 Å². The molecule has 7 nitrogen and oxygen atoms in total. The lowest BCUT2D eigenvalue weighted by Gasteiger charge is -2.12. The first-order valence-electron chi connectivity index (χ1n) is 4.12. The molecule has 0 spiro atoms. The molecule has 0 fully saturated rings. The number of carbonyl (C=O) groups is 2. The predicted molar refractivity (Wildman–Crippen MR) is 53.3 cm³/mol. The minimum absolute atomic E-state index is 0.209. The Hall–Kier alpha value is -0.830. The fraction of sp³-hybridized carbons (Fsp3) is 0.714. The van der Waals surface area contributed by atoms with E-state index in [1.807, 2.05) is 0 Å². The van der Waals surface area contributed by atoms with Crippen LogP contribution in [-0.4, -0.2) is 47.8 Å². The number of likely N-dealkylation sites (N-methyl/N-ethyl adjacent to an activating group) is 1. The standard InChI is InChI=1S/C7H14N2O5S/c1-8-5(3-7(11)12)6(10)4-9-15(13)14-2/h5,8-9H,3-4H2,1-2H3,(H,11,12)/t5-,15?/m0/s1. The molecule has 0 heterocycles. The van der Waals surface area contributed by atoms with E-state index in [0.29, 0.717) is 0 Å². The van der Waals surface area contributed by atoms with Gasteiger partial charge >= 0.3 is 5.97 Å². The number of carboxylic acid groups (broad SMARTS) is 1. The third kappa shape index (κ3) is 6.28. The van der Waals surface area contributed by atoms with Crippen LogP contribution in [0.5, 0.6) is 0 Å². The fourth-order valence-electron chi connectivity index (χ4n) is 0.864. The lowest BCUT2D eigenvalue weighted by molar-refractivity contribution is -0.139. The zero-order chi connectivity index (χ0) is 11.8. The number of nitrogens with one attached hydrogen (secondary N) is 2. The monoisotopic (exact) mass is 238 g/mol. The molecule has 0 amide bonds. The molecule has 0 saturated heterocycles. The van der Waals surface area contributed by atoms with Gasteiger partial charge in [0.2, 0.25) is 11.3 Å². The molecule has 0 aliphatic heterocycles. The van der Waals surface area contributed by atoms with Crippen LogP contribution in [0, 0.1) is 0 Å². The Bertz CT molecular complexity index is 258. The van der Waals surface area contributed by atoms with Crippen molar-refractivity contribution < 1.29 is 23.1 Å². The first-order chi connectivity index (χ1) is 7.01. The summed E-state index contributed by atoms with van der Waals surface area (Å²) in [5, 5.41) is 11.1. The smallest absolute Gasteiger partial charge is 0.305 e. The van der Waals surface area contributed by atoms with Crippen molar-refractivity contribution >= 4 is 23.0 Å². The fourth-order valence-corrected chi connectivity index (χ4v) is 1.24. The number of aliphatic carboxylic acids is 1. The summed E-state index contributed by atoms with van der Waals surface area (Å²) in [5.41, 5.74) is 0. The summed E-state index contributed by atoms with van der Waals surface area (Å²) < 4.78 is 17.4. The summed E-state index contributed by atoms with van der Waals surface area (Å²) in [5.74, 6) is -1.46. The second-order valence-corrected chi connectivity index (χ2v) is 3.72. The van der Waals surface area contributed by atoms with Crippen molar-refractivity contribution in [1.82, 2.24) is 10.0 Å². The van der Waals surface area contributed by atoms with Crippen LogP contribution in [0.4, 0.5) is 0 Å². The van der Waals surface area contributed by atoms with Gasteiger partial charge in [0.05, 0.1) is 26.1 Å². The van der Waals surface area contributed by atoms with Crippen LogP contribution in [-0.2, 0) is 25.0 Å². The largest absolute Gasteiger partial charge is 0.481 e. The van der Waals surface area contributed by atoms with Crippen molar-refractivity contribution in [2.45, 2.75) is 12.5 Å². The summed E-state index contributed by atoms with van der Waals surface area (Å²) >= 11 is -1.72. The van der Waals surface area contributed by atoms with Gasteiger partial charge in [0.25, 0.3) is 0 Å². The highest BCUT2D eigenvalue weighted by Gasteiger charge is 2.19. The molecule has 0 aromatic rings. The normalized spacial score (nSPS) is 14.5. The minimum Gasteiger partial charge on any atom is -0.481 e. The van der Waals surface area contributed by atoms with E-state index in [1.165, 1.54) is 14.2 Å². The van der Waals surface area contributed by atoms with Crippen LogP contribution >= 0.6 is 0 Å². The van der Waals surface area contributed by atoms with E-state index in [1.54, 1.807) is 0 Å². The molecule has 2 atom stereocenters. The molecule has 0 rings (SSSR count). The number of carbonyl (C=O) groups excluding carboxylic acids is 1. The van der Waals surface area contributed by atoms with E-state index in [4.69, 9.17) is 5.11 Å². The lowest BCUT2D eigenvalue weighted by Crippen LogP contribution is -2.41. The Morgan fingerprint density at radius 2 is 2.13 bits per heavy atom. The first-order valence-corrected chi connectivity index (χ1v) is 5.20. The molecule has 15 heavy (non-hydrogen) atoms. The van der Waals surface area contributed by atoms with Crippen molar-refractivity contribution in [2.75, 3.05) is 20.7 Å². The van der Waals surface area contributed by atoms with Gasteiger partial charge in [-0.05, 0) is 7.05 Å². The summed E-state index contributed by atoms with van der Waals surface area (Å²) in [7, 11) is 2.71. The third-order valence-electron chi connectivity index (χ3n) is 1.63. The van der Waals surface area contributed by atoms with Gasteiger partial charge in [0.1, 0.15) is 0 Å². The van der Waals surface area contributed by atoms with Crippen LogP contribution in [0.1, 0.15) is 6.42 Å². The molecule has 3 N–H and O–H groups in total. The minimum atomic E-state index is -1.72. The molecular formula is C7H14N2O5S. The number of rotatable bonds is 8. The van der Waals surface area contributed by atoms with Crippen LogP contribution in [0.15, 0.2) is 0 Å². The molecule has 0 aromatic heterocycles. The summed E-state index contributed by atoms with van der Waals surface area (Å²) in [6.07, 6.45) is -0.309. The van der Waals surface area contributed by atoms with Crippen LogP contribution < -0.4 is 10.0 Å². The van der Waals surface area contributed by atoms with Crippen molar-refractivity contribution in [2.24, 2.45) is 0 Å². The van der Waals surface area contributed by atoms with Gasteiger partial charge in [-0.2, -0.15) is 0 Å². The molecule has 0 aromatic carbocycles. The topological polar surface area (TPSA) is 105 Å². The Kier molecular flexibility index (Phi) is 7.05. The quantitative estimate of drug-likeness (QED) is 0.472. The molecule has 88 valence electrons. The lowest BCUT2D eigenvalue weighted by atomic mass is 10.1. The van der Waals surface area contributed by atoms with E-state index in [0.717, 1.165) is 0 Å². The molecule has 8 heteroatoms. The molecular weight excluding hydrogens is 224 g/mol. The zero-order valence-corrected chi connectivity index (χ0v) is 9.30. The SMILES string of the molecule is CN[C@@H](CC(=O)O)C(=O)CNS(=O)OC. The second-order valence-electron chi connectivity index (χ2n) is 2.63. The van der Waals surface area contributed by atoms with Crippen molar-refractivity contribution in [3.8, 4) is 0 Å². The molecule has 0 radical (unpaired) electrons. The molecule has 0 aliphatic rings. The van der Waals surface area contributed by atoms with Crippen molar-refractivity contribution in [3.05, 3.63) is 0 Å². The van der Waals surface area contributed by atoms with Crippen molar-refractivity contribution in [1.29, 1.82) is 0 Å². The maximum Gasteiger partial charge on any atom is 0.305 e. The maximum atomic E-state index is 11.4. The van der Waals surface area contributed by atoms with Crippen LogP contribution in [0.25, 0.3) is 0 Å². The predicted octanol–water partition coefficient (Wildman–Crippen LogP) is -1.57. The highest BCUT2D eigenvalue weighted by atomic mass is 32.2. The Morgan fingerprint density at radius 1 is 1.53 bits per heavy atom. The van der Waals surface area contributed by atoms with Gasteiger partial charge in [0, 0.05) is 0 Å². The second kappa shape index (κ2) is 7.46. The number of carboxylic acids is 1. The van der Waals surface area contributed by atoms with Crippen LogP contribution in [0.2, 0.25) is 0 Å². The molecule has 0 bridgehead atoms. The number of Topliss-reactive ketones (excluding diaryl/α,β-unsaturated/α-hetero) is 1. The number of ketones is 1. The van der Waals surface area contributed by atoms with Crippen LogP contribution in [0.3, 0.4) is 0 Å². The van der Waals surface area contributed by atoms with Gasteiger partial charge in [-0.1, -0.05) is 0 Å². The van der Waals surface area contributed by atoms with E-state index in [9.17, 15) is 13.8 Å². The van der Waals surface area contributed by atoms with E-state index >= 15 is 0 Å². The highest BCUT2D eigenvalue weighted by molar-refractivity contribution is 7.78. The van der Waals surface area contributed by atoms with Crippen molar-refractivity contribution in [3.63, 3.8) is 0 Å². The average molecular weight is 238 g/mol. The van der Waals surface area contributed by atoms with Gasteiger partial charge in [-0.3, -0.25) is 13.8 Å². The van der Waals surface area contributed by atoms with E-state index in [-0.39, 0.29) is 18.7 Å². The van der Waals surface area contributed by atoms with E-state index in [2.05, 4.69) is 14.2 Å². The Morgan fingerprint density at radius 3 is 2.53 bits per heavy atom. The molecule has 0 saturated carbocycles. The van der Waals surface area contributed by atoms with Gasteiger partial charge in [-0.15, -0.1) is 0 Å². The summed E-state index contributed by atoms with van der Waals surface area (Å²) in [6.45, 7) is -0.209. The van der Waals surface area contributed by atoms with Gasteiger partial charge in [-0.25, -0.2) is 8.93 Å². The third-order valence-corrected chi connectivity index (χ3v) is 2.31. The maximum absolute atomic E-state index is 11.4. The number of hydrogen-bond acceptors (Lipinski definition) is 5. The highest BCUT2D eigenvalue weighted by Crippen LogP contribution is 1.93. The summed E-state index contributed by atoms with van der Waals surface area (Å²) in [4.78, 5) is 21.7. The zero-order valence-electron chi connectivity index (χ0n) is 8.48. The molecule has 0 aliphatic carbocycles. The Labute approximate surface area is 90.0 Å². The first kappa shape index (κ1) is 14.2. The average Bonchev–Trinajstić information content (AvgIpc) is 2.21. The Balaban J connectivity index is 4.04. The summed E-state index contributed by atoms with van der Waals surface area (Å²) in [6, 6.07) is -0.788. The van der Waals surface area contributed by atoms with Gasteiger partial charge in [0.15, 0.2) is 5.78 Å². The van der Waals surface area contributed by atoms with Gasteiger partial charge < -0.3 is 10.4 Å². The number of hydrogen-bond donors (Lipinski definition) is 3. The molecule has 1 unspecified atom stereocenters.